The zero-order chi connectivity index (χ0) is 21.1. The smallest absolute Gasteiger partial charge is 0.119 e. The molecule has 1 atom stereocenters. The van der Waals surface area contributed by atoms with Crippen molar-refractivity contribution in [2.45, 2.75) is 122 Å². The van der Waals surface area contributed by atoms with E-state index in [0.29, 0.717) is 11.3 Å². The first kappa shape index (κ1) is 23.4. The molecule has 0 spiro atoms. The number of benzene rings is 1. The van der Waals surface area contributed by atoms with Gasteiger partial charge in [0, 0.05) is 0 Å². The fraction of sp³-hybridized carbons (Fsp3) is 0.724. The Labute approximate surface area is 186 Å². The van der Waals surface area contributed by atoms with Crippen molar-refractivity contribution in [2.75, 3.05) is 6.61 Å². The van der Waals surface area contributed by atoms with Gasteiger partial charge in [0.05, 0.1) is 6.61 Å². The first-order chi connectivity index (χ1) is 14.7. The third-order valence-electron chi connectivity index (χ3n) is 7.95. The third kappa shape index (κ3) is 7.17. The van der Waals surface area contributed by atoms with Crippen molar-refractivity contribution in [2.24, 2.45) is 5.41 Å². The standard InChI is InChI=1S/C29H46O/c1-3-5-12-23-30-28-17-15-26(16-18-28)27(24-25-13-8-6-9-14-25)19-22-29(4-2)20-10-7-11-21-29/h13,15-18,27H,3-12,14,19-24H2,1-2H3. The van der Waals surface area contributed by atoms with Crippen LogP contribution in [-0.4, -0.2) is 6.61 Å². The SMILES string of the molecule is CCCCCOc1ccc(C(CCC2(CC)CCCCC2)CC2=CCCCC2)cc1. The van der Waals surface area contributed by atoms with Gasteiger partial charge in [-0.1, -0.05) is 76.2 Å². The Morgan fingerprint density at radius 3 is 2.40 bits per heavy atom. The van der Waals surface area contributed by atoms with Crippen molar-refractivity contribution in [1.29, 1.82) is 0 Å². The molecule has 0 bridgehead atoms. The van der Waals surface area contributed by atoms with Gasteiger partial charge in [-0.05, 0) is 93.2 Å². The van der Waals surface area contributed by atoms with Crippen LogP contribution in [0.4, 0.5) is 0 Å². The van der Waals surface area contributed by atoms with E-state index in [2.05, 4.69) is 44.2 Å². The Kier molecular flexibility index (Phi) is 9.82. The number of unbranched alkanes of at least 4 members (excludes halogenated alkanes) is 2. The van der Waals surface area contributed by atoms with Crippen molar-refractivity contribution < 1.29 is 4.74 Å². The minimum Gasteiger partial charge on any atom is -0.494 e. The van der Waals surface area contributed by atoms with Gasteiger partial charge in [-0.3, -0.25) is 0 Å². The molecule has 0 saturated heterocycles. The van der Waals surface area contributed by atoms with Crippen molar-refractivity contribution in [3.8, 4) is 5.75 Å². The van der Waals surface area contributed by atoms with Crippen LogP contribution >= 0.6 is 0 Å². The van der Waals surface area contributed by atoms with Gasteiger partial charge in [0.1, 0.15) is 5.75 Å². The summed E-state index contributed by atoms with van der Waals surface area (Å²) in [6.45, 7) is 5.53. The van der Waals surface area contributed by atoms with E-state index in [9.17, 15) is 0 Å². The van der Waals surface area contributed by atoms with Crippen LogP contribution < -0.4 is 4.74 Å². The third-order valence-corrected chi connectivity index (χ3v) is 7.95. The fourth-order valence-corrected chi connectivity index (χ4v) is 5.73. The summed E-state index contributed by atoms with van der Waals surface area (Å²) in [4.78, 5) is 0. The van der Waals surface area contributed by atoms with E-state index >= 15 is 0 Å². The summed E-state index contributed by atoms with van der Waals surface area (Å²) in [5.74, 6) is 1.72. The summed E-state index contributed by atoms with van der Waals surface area (Å²) in [6.07, 6.45) is 24.3. The molecule has 168 valence electrons. The monoisotopic (exact) mass is 410 g/mol. The Morgan fingerprint density at radius 1 is 0.933 bits per heavy atom. The van der Waals surface area contributed by atoms with Crippen LogP contribution in [0.3, 0.4) is 0 Å². The molecule has 0 heterocycles. The molecule has 1 heteroatoms. The van der Waals surface area contributed by atoms with Crippen LogP contribution in [0.25, 0.3) is 0 Å². The molecule has 3 rings (SSSR count). The zero-order valence-electron chi connectivity index (χ0n) is 19.9. The molecule has 1 unspecified atom stereocenters. The molecular weight excluding hydrogens is 364 g/mol. The molecule has 1 aromatic carbocycles. The largest absolute Gasteiger partial charge is 0.494 e. The van der Waals surface area contributed by atoms with Crippen molar-refractivity contribution >= 4 is 0 Å². The quantitative estimate of drug-likeness (QED) is 0.246. The van der Waals surface area contributed by atoms with Crippen molar-refractivity contribution in [3.63, 3.8) is 0 Å². The van der Waals surface area contributed by atoms with E-state index in [0.717, 1.165) is 18.8 Å². The summed E-state index contributed by atoms with van der Waals surface area (Å²) < 4.78 is 5.97. The molecule has 1 fully saturated rings. The number of hydrogen-bond donors (Lipinski definition) is 0. The van der Waals surface area contributed by atoms with E-state index in [1.807, 2.05) is 0 Å². The summed E-state index contributed by atoms with van der Waals surface area (Å²) in [5, 5.41) is 0. The zero-order valence-corrected chi connectivity index (χ0v) is 19.9. The Morgan fingerprint density at radius 2 is 1.73 bits per heavy atom. The lowest BCUT2D eigenvalue weighted by Crippen LogP contribution is -2.24. The highest BCUT2D eigenvalue weighted by Crippen LogP contribution is 2.45. The number of rotatable bonds is 12. The van der Waals surface area contributed by atoms with Gasteiger partial charge in [-0.2, -0.15) is 0 Å². The maximum Gasteiger partial charge on any atom is 0.119 e. The molecule has 30 heavy (non-hydrogen) atoms. The summed E-state index contributed by atoms with van der Waals surface area (Å²) in [7, 11) is 0. The average Bonchev–Trinajstić information content (AvgIpc) is 2.81. The topological polar surface area (TPSA) is 9.23 Å². The molecule has 1 aromatic rings. The molecule has 0 aliphatic heterocycles. The van der Waals surface area contributed by atoms with E-state index < -0.39 is 0 Å². The van der Waals surface area contributed by atoms with Gasteiger partial charge in [0.25, 0.3) is 0 Å². The number of ether oxygens (including phenoxy) is 1. The number of allylic oxidation sites excluding steroid dienone is 2. The highest BCUT2D eigenvalue weighted by Gasteiger charge is 2.31. The van der Waals surface area contributed by atoms with Crippen LogP contribution in [0.15, 0.2) is 35.9 Å². The molecule has 1 nitrogen and oxygen atoms in total. The summed E-state index contributed by atoms with van der Waals surface area (Å²) in [6, 6.07) is 9.17. The van der Waals surface area contributed by atoms with Crippen molar-refractivity contribution in [1.82, 2.24) is 0 Å². The molecule has 2 aliphatic rings. The van der Waals surface area contributed by atoms with Crippen LogP contribution in [0.1, 0.15) is 128 Å². The van der Waals surface area contributed by atoms with E-state index in [4.69, 9.17) is 4.74 Å². The Hall–Kier alpha value is -1.24. The summed E-state index contributed by atoms with van der Waals surface area (Å²) in [5.41, 5.74) is 3.88. The van der Waals surface area contributed by atoms with Crippen LogP contribution in [0, 0.1) is 5.41 Å². The minimum absolute atomic E-state index is 0.625. The summed E-state index contributed by atoms with van der Waals surface area (Å²) >= 11 is 0. The molecule has 1 saturated carbocycles. The van der Waals surface area contributed by atoms with Crippen molar-refractivity contribution in [3.05, 3.63) is 41.5 Å². The minimum atomic E-state index is 0.625. The molecule has 0 amide bonds. The Balaban J connectivity index is 1.65. The van der Waals surface area contributed by atoms with Gasteiger partial charge < -0.3 is 4.74 Å². The second kappa shape index (κ2) is 12.6. The molecular formula is C29H46O. The first-order valence-corrected chi connectivity index (χ1v) is 13.2. The lowest BCUT2D eigenvalue weighted by Gasteiger charge is -2.38. The van der Waals surface area contributed by atoms with Crippen LogP contribution in [0.5, 0.6) is 5.75 Å². The highest BCUT2D eigenvalue weighted by atomic mass is 16.5. The molecule has 0 radical (unpaired) electrons. The maximum absolute atomic E-state index is 5.97. The van der Waals surface area contributed by atoms with Gasteiger partial charge >= 0.3 is 0 Å². The second-order valence-corrected chi connectivity index (χ2v) is 10.1. The lowest BCUT2D eigenvalue weighted by atomic mass is 9.68. The Bertz CT molecular complexity index is 620. The molecule has 0 aromatic heterocycles. The van der Waals surface area contributed by atoms with E-state index in [1.165, 1.54) is 102 Å². The molecule has 2 aliphatic carbocycles. The highest BCUT2D eigenvalue weighted by molar-refractivity contribution is 5.30. The average molecular weight is 411 g/mol. The number of hydrogen-bond acceptors (Lipinski definition) is 1. The maximum atomic E-state index is 5.97. The lowest BCUT2D eigenvalue weighted by molar-refractivity contribution is 0.156. The van der Waals surface area contributed by atoms with Crippen LogP contribution in [0.2, 0.25) is 0 Å². The van der Waals surface area contributed by atoms with E-state index in [1.54, 1.807) is 5.57 Å². The van der Waals surface area contributed by atoms with E-state index in [-0.39, 0.29) is 0 Å². The second-order valence-electron chi connectivity index (χ2n) is 10.1. The predicted octanol–water partition coefficient (Wildman–Crippen LogP) is 9.37. The van der Waals surface area contributed by atoms with Crippen LogP contribution in [-0.2, 0) is 0 Å². The van der Waals surface area contributed by atoms with Gasteiger partial charge in [0.2, 0.25) is 0 Å². The van der Waals surface area contributed by atoms with Gasteiger partial charge in [-0.15, -0.1) is 0 Å². The normalized spacial score (nSPS) is 19.9. The predicted molar refractivity (Wildman–Crippen MR) is 130 cm³/mol. The van der Waals surface area contributed by atoms with Gasteiger partial charge in [-0.25, -0.2) is 0 Å². The first-order valence-electron chi connectivity index (χ1n) is 13.2. The molecule has 0 N–H and O–H groups in total. The fourth-order valence-electron chi connectivity index (χ4n) is 5.73. The van der Waals surface area contributed by atoms with Gasteiger partial charge in [0.15, 0.2) is 0 Å².